The molecule has 27 heavy (non-hydrogen) atoms. The molecule has 1 unspecified atom stereocenters. The van der Waals surface area contributed by atoms with Crippen LogP contribution in [0.25, 0.3) is 0 Å². The third-order valence-electron chi connectivity index (χ3n) is 6.97. The van der Waals surface area contributed by atoms with E-state index >= 15 is 0 Å². The lowest BCUT2D eigenvalue weighted by atomic mass is 9.74. The van der Waals surface area contributed by atoms with Crippen LogP contribution in [0.4, 0.5) is 8.78 Å². The van der Waals surface area contributed by atoms with Gasteiger partial charge in [-0.1, -0.05) is 25.3 Å². The van der Waals surface area contributed by atoms with Crippen LogP contribution in [0.5, 0.6) is 0 Å². The van der Waals surface area contributed by atoms with E-state index in [-0.39, 0.29) is 5.91 Å². The normalized spacial score (nSPS) is 30.1. The van der Waals surface area contributed by atoms with Gasteiger partial charge in [-0.2, -0.15) is 0 Å². The van der Waals surface area contributed by atoms with Crippen molar-refractivity contribution in [3.8, 4) is 0 Å². The van der Waals surface area contributed by atoms with Gasteiger partial charge in [-0.25, -0.2) is 8.78 Å². The molecule has 3 nitrogen and oxygen atoms in total. The largest absolute Gasteiger partial charge is 0.338 e. The number of likely N-dealkylation sites (tertiary alicyclic amines) is 2. The summed E-state index contributed by atoms with van der Waals surface area (Å²) in [5, 5.41) is 0. The second-order valence-corrected chi connectivity index (χ2v) is 8.63. The lowest BCUT2D eigenvalue weighted by Crippen LogP contribution is -2.47. The molecule has 1 aliphatic carbocycles. The number of halogens is 2. The van der Waals surface area contributed by atoms with E-state index in [0.29, 0.717) is 31.1 Å². The van der Waals surface area contributed by atoms with E-state index in [1.165, 1.54) is 51.3 Å². The van der Waals surface area contributed by atoms with Crippen molar-refractivity contribution in [2.75, 3.05) is 19.6 Å². The maximum atomic E-state index is 13.5. The van der Waals surface area contributed by atoms with Gasteiger partial charge < -0.3 is 9.80 Å². The summed E-state index contributed by atoms with van der Waals surface area (Å²) in [5.74, 6) is 0.224. The zero-order chi connectivity index (χ0) is 18.8. The summed E-state index contributed by atoms with van der Waals surface area (Å²) in [5.41, 5.74) is 0.656. The van der Waals surface area contributed by atoms with Gasteiger partial charge in [0.15, 0.2) is 11.6 Å². The van der Waals surface area contributed by atoms with E-state index in [2.05, 4.69) is 4.90 Å². The Morgan fingerprint density at radius 2 is 1.74 bits per heavy atom. The van der Waals surface area contributed by atoms with Crippen LogP contribution in [0.15, 0.2) is 18.2 Å². The summed E-state index contributed by atoms with van der Waals surface area (Å²) < 4.78 is 26.6. The smallest absolute Gasteiger partial charge is 0.222 e. The monoisotopic (exact) mass is 376 g/mol. The average Bonchev–Trinajstić information content (AvgIpc) is 2.86. The predicted octanol–water partition coefficient (Wildman–Crippen LogP) is 4.36. The van der Waals surface area contributed by atoms with Gasteiger partial charge in [-0.05, 0) is 61.8 Å². The lowest BCUT2D eigenvalue weighted by Gasteiger charge is -2.44. The lowest BCUT2D eigenvalue weighted by molar-refractivity contribution is -0.131. The van der Waals surface area contributed by atoms with Gasteiger partial charge in [-0.3, -0.25) is 4.79 Å². The summed E-state index contributed by atoms with van der Waals surface area (Å²) in [6.45, 7) is 3.44. The summed E-state index contributed by atoms with van der Waals surface area (Å²) in [7, 11) is 0. The number of amides is 1. The van der Waals surface area contributed by atoms with Gasteiger partial charge in [-0.15, -0.1) is 0 Å². The Labute approximate surface area is 160 Å². The molecule has 3 atom stereocenters. The third-order valence-corrected chi connectivity index (χ3v) is 6.97. The Balaban J connectivity index is 1.36. The Hall–Kier alpha value is -1.49. The summed E-state index contributed by atoms with van der Waals surface area (Å²) in [6.07, 6.45) is 9.32. The van der Waals surface area contributed by atoms with Crippen LogP contribution in [0.3, 0.4) is 0 Å². The predicted molar refractivity (Wildman–Crippen MR) is 101 cm³/mol. The molecule has 148 valence electrons. The molecule has 2 saturated heterocycles. The Morgan fingerprint density at radius 1 is 0.926 bits per heavy atom. The number of carbonyl (C=O) groups excluding carboxylic acids is 1. The van der Waals surface area contributed by atoms with Crippen LogP contribution in [-0.4, -0.2) is 41.4 Å². The molecule has 0 spiro atoms. The molecule has 1 saturated carbocycles. The van der Waals surface area contributed by atoms with Crippen LogP contribution in [0, 0.1) is 23.5 Å². The minimum Gasteiger partial charge on any atom is -0.338 e. The molecule has 1 aromatic carbocycles. The number of hydrogen-bond donors (Lipinski definition) is 0. The molecule has 0 radical (unpaired) electrons. The summed E-state index contributed by atoms with van der Waals surface area (Å²) >= 11 is 0. The SMILES string of the molecule is O=C1CCC(N2CC[C@@H]3CCCC[C@H]3C2)CCN1Cc1ccc(F)c(F)c1. The maximum absolute atomic E-state index is 13.5. The first kappa shape index (κ1) is 18.9. The zero-order valence-corrected chi connectivity index (χ0v) is 16.0. The van der Waals surface area contributed by atoms with Crippen molar-refractivity contribution in [2.45, 2.75) is 64.0 Å². The molecule has 1 amide bonds. The highest BCUT2D eigenvalue weighted by atomic mass is 19.2. The Bertz CT molecular complexity index is 680. The Kier molecular flexibility index (Phi) is 5.76. The van der Waals surface area contributed by atoms with Crippen LogP contribution >= 0.6 is 0 Å². The minimum absolute atomic E-state index is 0.134. The average molecular weight is 376 g/mol. The van der Waals surface area contributed by atoms with E-state index in [1.807, 2.05) is 4.90 Å². The van der Waals surface area contributed by atoms with Crippen LogP contribution < -0.4 is 0 Å². The second-order valence-electron chi connectivity index (χ2n) is 8.63. The molecule has 0 aromatic heterocycles. The molecular formula is C22H30F2N2O. The topological polar surface area (TPSA) is 23.6 Å². The number of carbonyl (C=O) groups is 1. The van der Waals surface area contributed by atoms with Gasteiger partial charge in [0.05, 0.1) is 0 Å². The van der Waals surface area contributed by atoms with Gasteiger partial charge >= 0.3 is 0 Å². The number of fused-ring (bicyclic) bond motifs is 1. The van der Waals surface area contributed by atoms with Crippen LogP contribution in [0.2, 0.25) is 0 Å². The molecule has 3 fully saturated rings. The maximum Gasteiger partial charge on any atom is 0.222 e. The fourth-order valence-electron chi connectivity index (χ4n) is 5.37. The van der Waals surface area contributed by atoms with Crippen LogP contribution in [0.1, 0.15) is 56.9 Å². The first-order chi connectivity index (χ1) is 13.1. The van der Waals surface area contributed by atoms with Gasteiger partial charge in [0.2, 0.25) is 5.91 Å². The van der Waals surface area contributed by atoms with Gasteiger partial charge in [0.25, 0.3) is 0 Å². The molecule has 5 heteroatoms. The quantitative estimate of drug-likeness (QED) is 0.783. The second kappa shape index (κ2) is 8.26. The summed E-state index contributed by atoms with van der Waals surface area (Å²) in [4.78, 5) is 17.0. The molecule has 1 aromatic rings. The molecule has 2 heterocycles. The number of benzene rings is 1. The standard InChI is InChI=1S/C22H30F2N2O/c23-20-7-5-16(13-21(20)24)14-26-12-10-19(6-8-22(26)27)25-11-9-17-3-1-2-4-18(17)15-25/h5,7,13,17-19H,1-4,6,8-12,14-15H2/t17-,18-,19?/m0/s1. The van der Waals surface area contributed by atoms with Crippen LogP contribution in [-0.2, 0) is 11.3 Å². The number of rotatable bonds is 3. The fourth-order valence-corrected chi connectivity index (χ4v) is 5.37. The molecule has 2 aliphatic heterocycles. The van der Waals surface area contributed by atoms with Crippen molar-refractivity contribution >= 4 is 5.91 Å². The molecular weight excluding hydrogens is 346 g/mol. The Morgan fingerprint density at radius 3 is 2.56 bits per heavy atom. The first-order valence-corrected chi connectivity index (χ1v) is 10.6. The highest BCUT2D eigenvalue weighted by Gasteiger charge is 2.35. The first-order valence-electron chi connectivity index (χ1n) is 10.6. The zero-order valence-electron chi connectivity index (χ0n) is 16.0. The molecule has 3 aliphatic rings. The number of nitrogens with zero attached hydrogens (tertiary/aromatic N) is 2. The van der Waals surface area contributed by atoms with Crippen molar-refractivity contribution < 1.29 is 13.6 Å². The van der Waals surface area contributed by atoms with Crippen molar-refractivity contribution in [2.24, 2.45) is 11.8 Å². The van der Waals surface area contributed by atoms with E-state index in [1.54, 1.807) is 6.07 Å². The molecule has 0 bridgehead atoms. The van der Waals surface area contributed by atoms with Gasteiger partial charge in [0, 0.05) is 32.1 Å². The van der Waals surface area contributed by atoms with E-state index in [9.17, 15) is 13.6 Å². The van der Waals surface area contributed by atoms with Crippen molar-refractivity contribution in [1.82, 2.24) is 9.80 Å². The van der Waals surface area contributed by atoms with E-state index in [4.69, 9.17) is 0 Å². The van der Waals surface area contributed by atoms with E-state index < -0.39 is 11.6 Å². The third kappa shape index (κ3) is 4.34. The molecule has 0 N–H and O–H groups in total. The number of hydrogen-bond acceptors (Lipinski definition) is 2. The van der Waals surface area contributed by atoms with Crippen molar-refractivity contribution in [3.63, 3.8) is 0 Å². The molecule has 4 rings (SSSR count). The van der Waals surface area contributed by atoms with E-state index in [0.717, 1.165) is 30.7 Å². The van der Waals surface area contributed by atoms with Crippen molar-refractivity contribution in [3.05, 3.63) is 35.4 Å². The highest BCUT2D eigenvalue weighted by molar-refractivity contribution is 5.76. The minimum atomic E-state index is -0.844. The van der Waals surface area contributed by atoms with Gasteiger partial charge in [0.1, 0.15) is 0 Å². The highest BCUT2D eigenvalue weighted by Crippen LogP contribution is 2.37. The number of piperidine rings is 1. The van der Waals surface area contributed by atoms with Crippen molar-refractivity contribution in [1.29, 1.82) is 0 Å². The fraction of sp³-hybridized carbons (Fsp3) is 0.682. The summed E-state index contributed by atoms with van der Waals surface area (Å²) in [6, 6.07) is 4.40.